The monoisotopic (exact) mass is 231 g/mol. The molecule has 0 saturated heterocycles. The minimum absolute atomic E-state index is 0.259. The fourth-order valence-corrected chi connectivity index (χ4v) is 1.47. The molecule has 0 unspecified atom stereocenters. The standard InChI is InChI=1S/C10H8F3NO2/c11-10(12,13)16-6-14-8-4-2-1-3-7(8)5-9(14)15/h1-5,15H,6H2. The Labute approximate surface area is 88.7 Å². The first-order valence-electron chi connectivity index (χ1n) is 4.45. The van der Waals surface area contributed by atoms with E-state index < -0.39 is 13.1 Å². The first kappa shape index (κ1) is 10.8. The summed E-state index contributed by atoms with van der Waals surface area (Å²) in [6.45, 7) is -0.761. The van der Waals surface area contributed by atoms with Gasteiger partial charge in [-0.3, -0.25) is 9.30 Å². The summed E-state index contributed by atoms with van der Waals surface area (Å²) in [5.41, 5.74) is 0.490. The summed E-state index contributed by atoms with van der Waals surface area (Å²) < 4.78 is 40.3. The van der Waals surface area contributed by atoms with Crippen molar-refractivity contribution < 1.29 is 23.0 Å². The Bertz CT molecular complexity index is 504. The first-order chi connectivity index (χ1) is 7.47. The minimum atomic E-state index is -4.71. The number of alkyl halides is 3. The maximum absolute atomic E-state index is 11.9. The molecule has 0 radical (unpaired) electrons. The lowest BCUT2D eigenvalue weighted by molar-refractivity contribution is -0.338. The van der Waals surface area contributed by atoms with Crippen molar-refractivity contribution in [2.24, 2.45) is 0 Å². The predicted octanol–water partition coefficient (Wildman–Crippen LogP) is 2.84. The van der Waals surface area contributed by atoms with Gasteiger partial charge in [0.25, 0.3) is 0 Å². The maximum Gasteiger partial charge on any atom is 0.524 e. The first-order valence-corrected chi connectivity index (χ1v) is 4.45. The summed E-state index contributed by atoms with van der Waals surface area (Å²) in [5, 5.41) is 10.1. The summed E-state index contributed by atoms with van der Waals surface area (Å²) in [5.74, 6) is -0.259. The molecule has 0 aliphatic heterocycles. The lowest BCUT2D eigenvalue weighted by Crippen LogP contribution is -2.16. The molecule has 1 N–H and O–H groups in total. The number of para-hydroxylation sites is 1. The lowest BCUT2D eigenvalue weighted by Gasteiger charge is -2.10. The van der Waals surface area contributed by atoms with Gasteiger partial charge in [0.2, 0.25) is 0 Å². The van der Waals surface area contributed by atoms with Crippen LogP contribution in [0.4, 0.5) is 13.2 Å². The number of rotatable bonds is 2. The zero-order valence-corrected chi connectivity index (χ0v) is 8.03. The topological polar surface area (TPSA) is 34.4 Å². The van der Waals surface area contributed by atoms with E-state index in [-0.39, 0.29) is 5.88 Å². The highest BCUT2D eigenvalue weighted by atomic mass is 19.4. The van der Waals surface area contributed by atoms with E-state index in [4.69, 9.17) is 0 Å². The van der Waals surface area contributed by atoms with Crippen molar-refractivity contribution in [2.45, 2.75) is 13.1 Å². The molecule has 1 aromatic carbocycles. The van der Waals surface area contributed by atoms with Crippen molar-refractivity contribution in [2.75, 3.05) is 0 Å². The van der Waals surface area contributed by atoms with E-state index in [1.54, 1.807) is 24.3 Å². The molecule has 16 heavy (non-hydrogen) atoms. The number of aromatic hydroxyl groups is 1. The smallest absolute Gasteiger partial charge is 0.494 e. The number of fused-ring (bicyclic) bond motifs is 1. The second-order valence-electron chi connectivity index (χ2n) is 3.21. The fraction of sp³-hybridized carbons (Fsp3) is 0.200. The third-order valence-electron chi connectivity index (χ3n) is 2.15. The molecular weight excluding hydrogens is 223 g/mol. The largest absolute Gasteiger partial charge is 0.524 e. The number of ether oxygens (including phenoxy) is 1. The minimum Gasteiger partial charge on any atom is -0.494 e. The van der Waals surface area contributed by atoms with E-state index in [2.05, 4.69) is 4.74 Å². The van der Waals surface area contributed by atoms with E-state index in [1.165, 1.54) is 6.07 Å². The van der Waals surface area contributed by atoms with E-state index in [9.17, 15) is 18.3 Å². The average Bonchev–Trinajstić information content (AvgIpc) is 2.49. The van der Waals surface area contributed by atoms with Gasteiger partial charge in [0.05, 0.1) is 5.52 Å². The van der Waals surface area contributed by atoms with Crippen LogP contribution in [0.15, 0.2) is 30.3 Å². The van der Waals surface area contributed by atoms with Crippen LogP contribution in [0, 0.1) is 0 Å². The maximum atomic E-state index is 11.9. The van der Waals surface area contributed by atoms with Gasteiger partial charge < -0.3 is 5.11 Å². The van der Waals surface area contributed by atoms with Gasteiger partial charge in [-0.05, 0) is 6.07 Å². The Kier molecular flexibility index (Phi) is 2.51. The lowest BCUT2D eigenvalue weighted by atomic mass is 10.2. The van der Waals surface area contributed by atoms with Crippen LogP contribution in [0.3, 0.4) is 0 Å². The summed E-state index contributed by atoms with van der Waals surface area (Å²) in [6, 6.07) is 8.09. The molecule has 0 saturated carbocycles. The van der Waals surface area contributed by atoms with Gasteiger partial charge in [-0.2, -0.15) is 0 Å². The van der Waals surface area contributed by atoms with Gasteiger partial charge in [0, 0.05) is 11.5 Å². The summed E-state index contributed by atoms with van der Waals surface area (Å²) in [4.78, 5) is 0. The number of halogens is 3. The number of aromatic nitrogens is 1. The van der Waals surface area contributed by atoms with Crippen LogP contribution in [0.5, 0.6) is 5.88 Å². The molecule has 3 nitrogen and oxygen atoms in total. The van der Waals surface area contributed by atoms with Crippen LogP contribution in [-0.2, 0) is 11.5 Å². The van der Waals surface area contributed by atoms with Crippen molar-refractivity contribution in [1.29, 1.82) is 0 Å². The Morgan fingerprint density at radius 2 is 1.94 bits per heavy atom. The van der Waals surface area contributed by atoms with Crippen molar-refractivity contribution >= 4 is 10.9 Å². The van der Waals surface area contributed by atoms with Crippen LogP contribution in [0.1, 0.15) is 0 Å². The third-order valence-corrected chi connectivity index (χ3v) is 2.15. The van der Waals surface area contributed by atoms with Crippen LogP contribution >= 0.6 is 0 Å². The molecule has 2 aromatic rings. The van der Waals surface area contributed by atoms with Crippen molar-refractivity contribution in [3.05, 3.63) is 30.3 Å². The highest BCUT2D eigenvalue weighted by Crippen LogP contribution is 2.26. The molecule has 1 aromatic heterocycles. The van der Waals surface area contributed by atoms with Gasteiger partial charge in [0.15, 0.2) is 5.88 Å². The second-order valence-corrected chi connectivity index (χ2v) is 3.21. The summed E-state index contributed by atoms with van der Waals surface area (Å²) in [7, 11) is 0. The molecule has 1 heterocycles. The summed E-state index contributed by atoms with van der Waals surface area (Å²) >= 11 is 0. The molecule has 6 heteroatoms. The highest BCUT2D eigenvalue weighted by Gasteiger charge is 2.29. The number of hydrogen-bond donors (Lipinski definition) is 1. The normalized spacial score (nSPS) is 12.2. The van der Waals surface area contributed by atoms with Crippen molar-refractivity contribution in [3.8, 4) is 5.88 Å². The van der Waals surface area contributed by atoms with E-state index >= 15 is 0 Å². The Morgan fingerprint density at radius 3 is 2.62 bits per heavy atom. The average molecular weight is 231 g/mol. The van der Waals surface area contributed by atoms with Crippen LogP contribution < -0.4 is 0 Å². The molecule has 2 rings (SSSR count). The van der Waals surface area contributed by atoms with Crippen LogP contribution in [0.2, 0.25) is 0 Å². The van der Waals surface area contributed by atoms with E-state index in [1.807, 2.05) is 0 Å². The van der Waals surface area contributed by atoms with Crippen molar-refractivity contribution in [1.82, 2.24) is 4.57 Å². The molecule has 0 aliphatic carbocycles. The molecule has 0 bridgehead atoms. The number of nitrogens with zero attached hydrogens (tertiary/aromatic N) is 1. The predicted molar refractivity (Wildman–Crippen MR) is 50.7 cm³/mol. The molecule has 0 atom stereocenters. The molecule has 0 spiro atoms. The molecule has 0 aliphatic rings. The molecular formula is C10H8F3NO2. The van der Waals surface area contributed by atoms with E-state index in [0.717, 1.165) is 4.57 Å². The van der Waals surface area contributed by atoms with Crippen LogP contribution in [-0.4, -0.2) is 16.0 Å². The van der Waals surface area contributed by atoms with E-state index in [0.29, 0.717) is 10.9 Å². The van der Waals surface area contributed by atoms with Gasteiger partial charge in [-0.25, -0.2) is 0 Å². The molecule has 0 fully saturated rings. The number of benzene rings is 1. The quantitative estimate of drug-likeness (QED) is 0.862. The van der Waals surface area contributed by atoms with Crippen LogP contribution in [0.25, 0.3) is 10.9 Å². The molecule has 86 valence electrons. The van der Waals surface area contributed by atoms with Gasteiger partial charge in [-0.1, -0.05) is 18.2 Å². The zero-order chi connectivity index (χ0) is 11.8. The fourth-order valence-electron chi connectivity index (χ4n) is 1.47. The van der Waals surface area contributed by atoms with Gasteiger partial charge in [0.1, 0.15) is 6.73 Å². The number of hydrogen-bond acceptors (Lipinski definition) is 2. The highest BCUT2D eigenvalue weighted by molar-refractivity contribution is 5.82. The van der Waals surface area contributed by atoms with Crippen molar-refractivity contribution in [3.63, 3.8) is 0 Å². The van der Waals surface area contributed by atoms with Gasteiger partial charge >= 0.3 is 6.36 Å². The zero-order valence-electron chi connectivity index (χ0n) is 8.03. The molecule has 0 amide bonds. The second kappa shape index (κ2) is 3.71. The Hall–Kier alpha value is -1.69. The SMILES string of the molecule is Oc1cc2ccccc2n1COC(F)(F)F. The summed E-state index contributed by atoms with van der Waals surface area (Å²) in [6.07, 6.45) is -4.71. The Balaban J connectivity index is 2.33. The van der Waals surface area contributed by atoms with Gasteiger partial charge in [-0.15, -0.1) is 13.2 Å². The Morgan fingerprint density at radius 1 is 1.25 bits per heavy atom. The third kappa shape index (κ3) is 2.11.